The molecule has 1 aromatic heterocycles. The minimum absolute atomic E-state index is 0.267. The van der Waals surface area contributed by atoms with E-state index in [1.807, 2.05) is 0 Å². The number of nitrogens with zero attached hydrogens (tertiary/aromatic N) is 1. The van der Waals surface area contributed by atoms with Gasteiger partial charge in [-0.05, 0) is 42.0 Å². The van der Waals surface area contributed by atoms with E-state index < -0.39 is 0 Å². The molecule has 1 amide bonds. The van der Waals surface area contributed by atoms with Crippen molar-refractivity contribution in [2.24, 2.45) is 0 Å². The maximum atomic E-state index is 12.9. The second-order valence-corrected chi connectivity index (χ2v) is 5.45. The van der Waals surface area contributed by atoms with Gasteiger partial charge >= 0.3 is 0 Å². The van der Waals surface area contributed by atoms with Gasteiger partial charge in [0.15, 0.2) is 0 Å². The van der Waals surface area contributed by atoms with Crippen molar-refractivity contribution >= 4 is 23.1 Å². The second-order valence-electron chi connectivity index (χ2n) is 5.45. The van der Waals surface area contributed by atoms with Crippen molar-refractivity contribution in [2.75, 3.05) is 16.4 Å². The Morgan fingerprint density at radius 2 is 1.80 bits per heavy atom. The fourth-order valence-corrected chi connectivity index (χ4v) is 2.23. The Morgan fingerprint density at radius 1 is 1.04 bits per heavy atom. The lowest BCUT2D eigenvalue weighted by molar-refractivity contribution is 0.102. The minimum Gasteiger partial charge on any atom is -0.397 e. The number of nitrogens with one attached hydrogen (secondary N) is 2. The molecule has 0 aliphatic carbocycles. The van der Waals surface area contributed by atoms with Crippen LogP contribution in [0.2, 0.25) is 0 Å². The average molecular weight is 336 g/mol. The van der Waals surface area contributed by atoms with Crippen LogP contribution in [-0.4, -0.2) is 10.9 Å². The Balaban J connectivity index is 1.60. The van der Waals surface area contributed by atoms with Crippen molar-refractivity contribution in [3.8, 4) is 0 Å². The van der Waals surface area contributed by atoms with E-state index in [1.54, 1.807) is 48.5 Å². The topological polar surface area (TPSA) is 80.0 Å². The van der Waals surface area contributed by atoms with Crippen molar-refractivity contribution < 1.29 is 9.18 Å². The van der Waals surface area contributed by atoms with Crippen molar-refractivity contribution in [1.29, 1.82) is 0 Å². The first-order chi connectivity index (χ1) is 12.1. The van der Waals surface area contributed by atoms with E-state index in [-0.39, 0.29) is 11.7 Å². The minimum atomic E-state index is -0.282. The van der Waals surface area contributed by atoms with Crippen LogP contribution in [0.25, 0.3) is 0 Å². The summed E-state index contributed by atoms with van der Waals surface area (Å²) in [5.74, 6) is 0.0758. The van der Waals surface area contributed by atoms with Gasteiger partial charge in [0.2, 0.25) is 0 Å². The number of halogens is 1. The van der Waals surface area contributed by atoms with Gasteiger partial charge in [0.25, 0.3) is 5.91 Å². The van der Waals surface area contributed by atoms with Crippen LogP contribution in [0.5, 0.6) is 0 Å². The molecule has 5 nitrogen and oxygen atoms in total. The van der Waals surface area contributed by atoms with Crippen molar-refractivity contribution in [3.05, 3.63) is 83.8 Å². The normalized spacial score (nSPS) is 10.3. The summed E-state index contributed by atoms with van der Waals surface area (Å²) in [7, 11) is 0. The van der Waals surface area contributed by atoms with Gasteiger partial charge in [0.05, 0.1) is 16.9 Å². The maximum absolute atomic E-state index is 12.9. The number of benzene rings is 2. The predicted octanol–water partition coefficient (Wildman–Crippen LogP) is 3.67. The summed E-state index contributed by atoms with van der Waals surface area (Å²) in [5, 5.41) is 5.87. The highest BCUT2D eigenvalue weighted by Crippen LogP contribution is 2.18. The zero-order valence-electron chi connectivity index (χ0n) is 13.4. The number of anilines is 3. The molecule has 0 atom stereocenters. The molecule has 0 aliphatic rings. The highest BCUT2D eigenvalue weighted by Gasteiger charge is 2.08. The number of hydrogen-bond donors (Lipinski definition) is 3. The molecular formula is C19H17FN4O. The lowest BCUT2D eigenvalue weighted by Gasteiger charge is -2.09. The van der Waals surface area contributed by atoms with Crippen LogP contribution in [0.4, 0.5) is 21.6 Å². The Kier molecular flexibility index (Phi) is 4.89. The first-order valence-corrected chi connectivity index (χ1v) is 7.72. The average Bonchev–Trinajstić information content (AvgIpc) is 2.63. The number of para-hydroxylation sites is 2. The summed E-state index contributed by atoms with van der Waals surface area (Å²) in [6.45, 7) is 0.513. The zero-order chi connectivity index (χ0) is 17.6. The number of hydrogen-bond acceptors (Lipinski definition) is 4. The summed E-state index contributed by atoms with van der Waals surface area (Å²) in [6.07, 6.45) is 1.49. The molecular weight excluding hydrogens is 319 g/mol. The van der Waals surface area contributed by atoms with E-state index in [2.05, 4.69) is 15.6 Å². The van der Waals surface area contributed by atoms with Crippen LogP contribution >= 0.6 is 0 Å². The molecule has 6 heteroatoms. The van der Waals surface area contributed by atoms with E-state index in [9.17, 15) is 9.18 Å². The van der Waals surface area contributed by atoms with Crippen molar-refractivity contribution in [1.82, 2.24) is 4.98 Å². The molecule has 2 aromatic carbocycles. The van der Waals surface area contributed by atoms with E-state index in [1.165, 1.54) is 18.3 Å². The molecule has 3 rings (SSSR count). The highest BCUT2D eigenvalue weighted by molar-refractivity contribution is 6.05. The first kappa shape index (κ1) is 16.4. The number of carbonyl (C=O) groups excluding carboxylic acids is 1. The molecule has 0 fully saturated rings. The van der Waals surface area contributed by atoms with Gasteiger partial charge in [-0.15, -0.1) is 0 Å². The Bertz CT molecular complexity index is 863. The van der Waals surface area contributed by atoms with Crippen molar-refractivity contribution in [3.63, 3.8) is 0 Å². The number of nitrogen functional groups attached to an aromatic ring is 1. The largest absolute Gasteiger partial charge is 0.397 e. The van der Waals surface area contributed by atoms with E-state index in [0.29, 0.717) is 29.3 Å². The quantitative estimate of drug-likeness (QED) is 0.621. The number of pyridine rings is 1. The smallest absolute Gasteiger partial charge is 0.257 e. The number of amides is 1. The second kappa shape index (κ2) is 7.44. The van der Waals surface area contributed by atoms with Crippen LogP contribution in [0, 0.1) is 5.82 Å². The molecule has 25 heavy (non-hydrogen) atoms. The third-order valence-electron chi connectivity index (χ3n) is 3.62. The Morgan fingerprint density at radius 3 is 2.48 bits per heavy atom. The van der Waals surface area contributed by atoms with Gasteiger partial charge in [0.1, 0.15) is 11.6 Å². The molecule has 0 spiro atoms. The summed E-state index contributed by atoms with van der Waals surface area (Å²) in [5.41, 5.74) is 8.24. The van der Waals surface area contributed by atoms with Gasteiger partial charge in [-0.2, -0.15) is 0 Å². The van der Waals surface area contributed by atoms with Crippen LogP contribution in [0.1, 0.15) is 15.9 Å². The van der Waals surface area contributed by atoms with Crippen LogP contribution in [0.15, 0.2) is 66.9 Å². The van der Waals surface area contributed by atoms with Crippen molar-refractivity contribution in [2.45, 2.75) is 6.54 Å². The van der Waals surface area contributed by atoms with Gasteiger partial charge in [-0.25, -0.2) is 9.37 Å². The third-order valence-corrected chi connectivity index (χ3v) is 3.62. The molecule has 4 N–H and O–H groups in total. The zero-order valence-corrected chi connectivity index (χ0v) is 13.4. The lowest BCUT2D eigenvalue weighted by atomic mass is 10.2. The number of aromatic nitrogens is 1. The van der Waals surface area contributed by atoms with E-state index >= 15 is 0 Å². The molecule has 0 bridgehead atoms. The fourth-order valence-electron chi connectivity index (χ4n) is 2.23. The van der Waals surface area contributed by atoms with Gasteiger partial charge in [-0.1, -0.05) is 24.3 Å². The monoisotopic (exact) mass is 336 g/mol. The van der Waals surface area contributed by atoms with Crippen LogP contribution < -0.4 is 16.4 Å². The fraction of sp³-hybridized carbons (Fsp3) is 0.0526. The third kappa shape index (κ3) is 4.32. The predicted molar refractivity (Wildman–Crippen MR) is 96.8 cm³/mol. The summed E-state index contributed by atoms with van der Waals surface area (Å²) >= 11 is 0. The molecule has 126 valence electrons. The molecule has 0 saturated carbocycles. The van der Waals surface area contributed by atoms with Gasteiger partial charge in [-0.3, -0.25) is 4.79 Å². The van der Waals surface area contributed by atoms with E-state index in [0.717, 1.165) is 5.56 Å². The first-order valence-electron chi connectivity index (χ1n) is 7.72. The standard InChI is InChI=1S/C19H17FN4O/c20-15-8-5-13(6-9-15)11-22-18-10-7-14(12-23-18)19(25)24-17-4-2-1-3-16(17)21/h1-10,12H,11,21H2,(H,22,23)(H,24,25). The number of carbonyl (C=O) groups is 1. The SMILES string of the molecule is Nc1ccccc1NC(=O)c1ccc(NCc2ccc(F)cc2)nc1. The molecule has 0 radical (unpaired) electrons. The van der Waals surface area contributed by atoms with Crippen LogP contribution in [-0.2, 0) is 6.54 Å². The molecule has 3 aromatic rings. The maximum Gasteiger partial charge on any atom is 0.257 e. The summed E-state index contributed by atoms with van der Waals surface area (Å²) in [4.78, 5) is 16.4. The van der Waals surface area contributed by atoms with Crippen LogP contribution in [0.3, 0.4) is 0 Å². The molecule has 1 heterocycles. The summed E-state index contributed by atoms with van der Waals surface area (Å²) < 4.78 is 12.9. The molecule has 0 saturated heterocycles. The van der Waals surface area contributed by atoms with E-state index in [4.69, 9.17) is 5.73 Å². The number of rotatable bonds is 5. The number of nitrogens with two attached hydrogens (primary N) is 1. The Hall–Kier alpha value is -3.41. The highest BCUT2D eigenvalue weighted by atomic mass is 19.1. The lowest BCUT2D eigenvalue weighted by Crippen LogP contribution is -2.13. The molecule has 0 unspecified atom stereocenters. The Labute approximate surface area is 144 Å². The van der Waals surface area contributed by atoms with Gasteiger partial charge < -0.3 is 16.4 Å². The summed E-state index contributed by atoms with van der Waals surface area (Å²) in [6, 6.07) is 16.7. The molecule has 0 aliphatic heterocycles. The van der Waals surface area contributed by atoms with Gasteiger partial charge in [0, 0.05) is 12.7 Å².